The minimum Gasteiger partial charge on any atom is -0.382 e. The van der Waals surface area contributed by atoms with Crippen LogP contribution < -0.4 is 5.32 Å². The summed E-state index contributed by atoms with van der Waals surface area (Å²) < 4.78 is 0. The molecule has 3 rings (SSSR count). The average molecular weight is 355 g/mol. The minimum atomic E-state index is -0.0152. The predicted molar refractivity (Wildman–Crippen MR) is 106 cm³/mol. The molecule has 0 amide bonds. The fourth-order valence-corrected chi connectivity index (χ4v) is 3.30. The number of rotatable bonds is 7. The summed E-state index contributed by atoms with van der Waals surface area (Å²) in [6.07, 6.45) is 2.31. The maximum Gasteiger partial charge on any atom is 0.211 e. The highest BCUT2D eigenvalue weighted by atomic mass is 35.5. The molecule has 2 aromatic carbocycles. The van der Waals surface area contributed by atoms with Gasteiger partial charge in [0.15, 0.2) is 0 Å². The molecule has 130 valence electrons. The quantitative estimate of drug-likeness (QED) is 0.519. The Hall–Kier alpha value is -2.26. The van der Waals surface area contributed by atoms with Gasteiger partial charge in [0, 0.05) is 28.0 Å². The van der Waals surface area contributed by atoms with Crippen LogP contribution >= 0.6 is 11.6 Å². The lowest BCUT2D eigenvalue weighted by molar-refractivity contribution is 0.103. The lowest BCUT2D eigenvalue weighted by Gasteiger charge is -2.13. The first-order valence-corrected chi connectivity index (χ1v) is 9.12. The summed E-state index contributed by atoms with van der Waals surface area (Å²) in [5, 5.41) is 5.14. The van der Waals surface area contributed by atoms with Gasteiger partial charge in [-0.05, 0) is 30.5 Å². The lowest BCUT2D eigenvalue weighted by Crippen LogP contribution is -2.13. The number of anilines is 1. The summed E-state index contributed by atoms with van der Waals surface area (Å²) in [7, 11) is 0. The molecule has 25 heavy (non-hydrogen) atoms. The van der Waals surface area contributed by atoms with Crippen LogP contribution in [0.1, 0.15) is 42.7 Å². The van der Waals surface area contributed by atoms with Crippen LogP contribution in [0.2, 0.25) is 5.02 Å². The largest absolute Gasteiger partial charge is 0.382 e. The van der Waals surface area contributed by atoms with Gasteiger partial charge >= 0.3 is 0 Å². The van der Waals surface area contributed by atoms with Crippen LogP contribution in [-0.2, 0) is 0 Å². The number of benzene rings is 2. The summed E-state index contributed by atoms with van der Waals surface area (Å²) >= 11 is 6.12. The number of hydrogen-bond acceptors (Lipinski definition) is 2. The topological polar surface area (TPSA) is 44.9 Å². The summed E-state index contributed by atoms with van der Waals surface area (Å²) in [6.45, 7) is 5.24. The summed E-state index contributed by atoms with van der Waals surface area (Å²) in [5.41, 5.74) is 3.00. The number of fused-ring (bicyclic) bond motifs is 1. The Morgan fingerprint density at radius 2 is 1.96 bits per heavy atom. The van der Waals surface area contributed by atoms with Gasteiger partial charge < -0.3 is 10.3 Å². The third-order valence-electron chi connectivity index (χ3n) is 4.43. The number of ketones is 1. The van der Waals surface area contributed by atoms with E-state index in [4.69, 9.17) is 11.6 Å². The van der Waals surface area contributed by atoms with Gasteiger partial charge in [-0.1, -0.05) is 62.2 Å². The van der Waals surface area contributed by atoms with Crippen molar-refractivity contribution in [2.24, 2.45) is 5.92 Å². The summed E-state index contributed by atoms with van der Waals surface area (Å²) in [4.78, 5) is 16.3. The molecule has 4 heteroatoms. The summed E-state index contributed by atoms with van der Waals surface area (Å²) in [6, 6.07) is 15.0. The van der Waals surface area contributed by atoms with Crippen LogP contribution in [0.3, 0.4) is 0 Å². The first kappa shape index (κ1) is 17.6. The average Bonchev–Trinajstić information content (AvgIpc) is 2.97. The number of carbonyl (C=O) groups excluding carboxylic acids is 1. The predicted octanol–water partition coefficient (Wildman–Crippen LogP) is 5.90. The van der Waals surface area contributed by atoms with Crippen LogP contribution in [0.25, 0.3) is 10.9 Å². The third-order valence-corrected chi connectivity index (χ3v) is 4.67. The van der Waals surface area contributed by atoms with Crippen molar-refractivity contribution in [2.45, 2.75) is 26.7 Å². The zero-order valence-corrected chi connectivity index (χ0v) is 15.4. The van der Waals surface area contributed by atoms with Crippen LogP contribution in [-0.4, -0.2) is 17.3 Å². The molecule has 3 aromatic rings. The Labute approximate surface area is 153 Å². The Bertz CT molecular complexity index is 870. The van der Waals surface area contributed by atoms with Crippen molar-refractivity contribution in [1.82, 2.24) is 4.98 Å². The Morgan fingerprint density at radius 3 is 2.68 bits per heavy atom. The second-order valence-electron chi connectivity index (χ2n) is 6.53. The van der Waals surface area contributed by atoms with E-state index in [0.717, 1.165) is 36.0 Å². The van der Waals surface area contributed by atoms with Gasteiger partial charge in [-0.15, -0.1) is 0 Å². The number of H-pyrrole nitrogens is 1. The highest BCUT2D eigenvalue weighted by Crippen LogP contribution is 2.31. The van der Waals surface area contributed by atoms with E-state index in [1.54, 1.807) is 0 Å². The standard InChI is InChI=1S/C21H23ClN2O/c1-3-7-14(2)13-23-19-17-11-10-16(22)12-18(17)24-20(19)21(25)15-8-5-4-6-9-15/h4-6,8-12,14,23-24H,3,7,13H2,1-2H3. The van der Waals surface area contributed by atoms with Gasteiger partial charge in [-0.3, -0.25) is 4.79 Å². The number of nitrogens with one attached hydrogen (secondary N) is 2. The molecule has 0 aliphatic heterocycles. The molecule has 3 nitrogen and oxygen atoms in total. The van der Waals surface area contributed by atoms with Gasteiger partial charge in [0.1, 0.15) is 5.69 Å². The zero-order valence-electron chi connectivity index (χ0n) is 14.6. The van der Waals surface area contributed by atoms with E-state index >= 15 is 0 Å². The molecule has 0 aliphatic carbocycles. The van der Waals surface area contributed by atoms with Crippen LogP contribution in [0.15, 0.2) is 48.5 Å². The van der Waals surface area contributed by atoms with Crippen molar-refractivity contribution < 1.29 is 4.79 Å². The molecule has 0 saturated carbocycles. The molecule has 2 N–H and O–H groups in total. The molecule has 1 atom stereocenters. The van der Waals surface area contributed by atoms with Crippen molar-refractivity contribution in [3.8, 4) is 0 Å². The van der Waals surface area contributed by atoms with Crippen LogP contribution in [0.4, 0.5) is 5.69 Å². The molecular weight excluding hydrogens is 332 g/mol. The molecule has 0 radical (unpaired) electrons. The second-order valence-corrected chi connectivity index (χ2v) is 6.97. The molecule has 1 heterocycles. The Morgan fingerprint density at radius 1 is 1.20 bits per heavy atom. The first-order chi connectivity index (χ1) is 12.1. The van der Waals surface area contributed by atoms with Crippen molar-refractivity contribution in [1.29, 1.82) is 0 Å². The smallest absolute Gasteiger partial charge is 0.211 e. The fraction of sp³-hybridized carbons (Fsp3) is 0.286. The minimum absolute atomic E-state index is 0.0152. The highest BCUT2D eigenvalue weighted by molar-refractivity contribution is 6.31. The molecule has 0 saturated heterocycles. The zero-order chi connectivity index (χ0) is 17.8. The van der Waals surface area contributed by atoms with E-state index in [1.165, 1.54) is 0 Å². The monoisotopic (exact) mass is 354 g/mol. The number of halogens is 1. The van der Waals surface area contributed by atoms with Crippen LogP contribution in [0, 0.1) is 5.92 Å². The molecule has 0 spiro atoms. The van der Waals surface area contributed by atoms with Gasteiger partial charge in [0.2, 0.25) is 5.78 Å². The molecule has 0 fully saturated rings. The number of carbonyl (C=O) groups is 1. The van der Waals surface area contributed by atoms with Gasteiger partial charge in [0.05, 0.1) is 5.69 Å². The number of hydrogen-bond donors (Lipinski definition) is 2. The van der Waals surface area contributed by atoms with Crippen molar-refractivity contribution in [3.63, 3.8) is 0 Å². The maximum atomic E-state index is 13.0. The lowest BCUT2D eigenvalue weighted by atomic mass is 10.0. The summed E-state index contributed by atoms with van der Waals surface area (Å²) in [5.74, 6) is 0.528. The van der Waals surface area contributed by atoms with E-state index in [1.807, 2.05) is 48.5 Å². The van der Waals surface area contributed by atoms with Crippen LogP contribution in [0.5, 0.6) is 0 Å². The van der Waals surface area contributed by atoms with Crippen molar-refractivity contribution in [3.05, 3.63) is 64.8 Å². The SMILES string of the molecule is CCCC(C)CNc1c(C(=O)c2ccccc2)[nH]c2cc(Cl)ccc12. The molecule has 0 bridgehead atoms. The fourth-order valence-electron chi connectivity index (χ4n) is 3.13. The maximum absolute atomic E-state index is 13.0. The molecular formula is C21H23ClN2O. The molecule has 1 aromatic heterocycles. The van der Waals surface area contributed by atoms with Gasteiger partial charge in [0.25, 0.3) is 0 Å². The van der Waals surface area contributed by atoms with E-state index < -0.39 is 0 Å². The Kier molecular flexibility index (Phi) is 5.44. The third kappa shape index (κ3) is 3.88. The van der Waals surface area contributed by atoms with Crippen molar-refractivity contribution in [2.75, 3.05) is 11.9 Å². The normalized spacial score (nSPS) is 12.3. The highest BCUT2D eigenvalue weighted by Gasteiger charge is 2.19. The number of aromatic amines is 1. The van der Waals surface area contributed by atoms with E-state index in [9.17, 15) is 4.79 Å². The first-order valence-electron chi connectivity index (χ1n) is 8.75. The van der Waals surface area contributed by atoms with Gasteiger partial charge in [-0.2, -0.15) is 0 Å². The van der Waals surface area contributed by atoms with E-state index in [2.05, 4.69) is 24.1 Å². The second kappa shape index (κ2) is 7.75. The van der Waals surface area contributed by atoms with Crippen molar-refractivity contribution >= 4 is 34.0 Å². The molecule has 0 aliphatic rings. The number of aromatic nitrogens is 1. The van der Waals surface area contributed by atoms with Gasteiger partial charge in [-0.25, -0.2) is 0 Å². The van der Waals surface area contributed by atoms with E-state index in [-0.39, 0.29) is 5.78 Å². The van der Waals surface area contributed by atoms with E-state index in [0.29, 0.717) is 22.2 Å². The molecule has 1 unspecified atom stereocenters. The Balaban J connectivity index is 2.01.